The number of anilines is 1. The molecule has 0 bridgehead atoms. The van der Waals surface area contributed by atoms with Crippen LogP contribution in [0.25, 0.3) is 15.7 Å². The fourth-order valence-corrected chi connectivity index (χ4v) is 4.81. The second-order valence-electron chi connectivity index (χ2n) is 6.46. The maximum Gasteiger partial charge on any atom is 0.359 e. The van der Waals surface area contributed by atoms with Gasteiger partial charge in [-0.3, -0.25) is 4.40 Å². The summed E-state index contributed by atoms with van der Waals surface area (Å²) >= 11 is 2.60. The molecule has 0 fully saturated rings. The molecule has 0 spiro atoms. The number of hydrogen-bond donors (Lipinski definition) is 1. The minimum atomic E-state index is -0.583. The van der Waals surface area contributed by atoms with E-state index in [-0.39, 0.29) is 30.5 Å². The third-order valence-corrected chi connectivity index (χ3v) is 6.37. The van der Waals surface area contributed by atoms with Crippen molar-refractivity contribution in [3.05, 3.63) is 46.4 Å². The first-order valence-electron chi connectivity index (χ1n) is 9.35. The van der Waals surface area contributed by atoms with E-state index in [9.17, 15) is 9.59 Å². The number of ether oxygens (including phenoxy) is 2. The zero-order chi connectivity index (χ0) is 22.1. The molecule has 0 radical (unpaired) electrons. The quantitative estimate of drug-likeness (QED) is 0.342. The molecular formula is C20H19N5O4S2. The standard InChI is InChI=1S/C20H19N5O4S2/c1-4-28-19(27)15-10(2)13-16(21)22-12(23-17(13)31-15)9-29-18(26)14-11-7-5-6-8-25(11)20(24-14)30-3/h5-8H,4,9H2,1-3H3,(H2,21,22,23). The Labute approximate surface area is 185 Å². The van der Waals surface area contributed by atoms with E-state index >= 15 is 0 Å². The maximum absolute atomic E-state index is 12.7. The van der Waals surface area contributed by atoms with Crippen molar-refractivity contribution < 1.29 is 19.1 Å². The highest BCUT2D eigenvalue weighted by Gasteiger charge is 2.22. The van der Waals surface area contributed by atoms with Crippen molar-refractivity contribution in [2.45, 2.75) is 25.6 Å². The molecule has 4 heterocycles. The zero-order valence-corrected chi connectivity index (χ0v) is 18.7. The molecule has 0 saturated carbocycles. The van der Waals surface area contributed by atoms with Gasteiger partial charge in [0.25, 0.3) is 0 Å². The van der Waals surface area contributed by atoms with Crippen molar-refractivity contribution in [3.63, 3.8) is 0 Å². The molecule has 0 aliphatic heterocycles. The molecule has 4 aromatic rings. The fourth-order valence-electron chi connectivity index (χ4n) is 3.17. The van der Waals surface area contributed by atoms with Gasteiger partial charge in [-0.15, -0.1) is 11.3 Å². The Bertz CT molecular complexity index is 1310. The molecule has 0 aliphatic rings. The number of aromatic nitrogens is 4. The number of nitrogen functional groups attached to an aromatic ring is 1. The maximum atomic E-state index is 12.7. The number of nitrogens with zero attached hydrogens (tertiary/aromatic N) is 4. The van der Waals surface area contributed by atoms with Crippen LogP contribution in [0.15, 0.2) is 29.6 Å². The number of thioether (sulfide) groups is 1. The molecule has 4 rings (SSSR count). The summed E-state index contributed by atoms with van der Waals surface area (Å²) in [5.41, 5.74) is 7.65. The lowest BCUT2D eigenvalue weighted by atomic mass is 10.2. The van der Waals surface area contributed by atoms with Crippen LogP contribution in [-0.2, 0) is 16.1 Å². The lowest BCUT2D eigenvalue weighted by Crippen LogP contribution is -2.09. The summed E-state index contributed by atoms with van der Waals surface area (Å²) in [5, 5.41) is 1.29. The average molecular weight is 458 g/mol. The van der Waals surface area contributed by atoms with E-state index < -0.39 is 11.9 Å². The Kier molecular flexibility index (Phi) is 5.79. The van der Waals surface area contributed by atoms with Crippen molar-refractivity contribution >= 4 is 56.6 Å². The second-order valence-corrected chi connectivity index (χ2v) is 8.23. The van der Waals surface area contributed by atoms with Gasteiger partial charge in [-0.1, -0.05) is 17.8 Å². The van der Waals surface area contributed by atoms with Crippen LogP contribution < -0.4 is 5.73 Å². The normalized spacial score (nSPS) is 11.2. The number of carbonyl (C=O) groups excluding carboxylic acids is 2. The first-order valence-corrected chi connectivity index (χ1v) is 11.4. The zero-order valence-electron chi connectivity index (χ0n) is 17.0. The van der Waals surface area contributed by atoms with Gasteiger partial charge >= 0.3 is 11.9 Å². The van der Waals surface area contributed by atoms with Gasteiger partial charge in [0.15, 0.2) is 23.3 Å². The molecule has 11 heteroatoms. The summed E-state index contributed by atoms with van der Waals surface area (Å²) in [6, 6.07) is 5.49. The Morgan fingerprint density at radius 1 is 1.19 bits per heavy atom. The Balaban J connectivity index is 1.59. The predicted octanol–water partition coefficient (Wildman–Crippen LogP) is 3.49. The van der Waals surface area contributed by atoms with Crippen LogP contribution in [0, 0.1) is 6.92 Å². The highest BCUT2D eigenvalue weighted by Crippen LogP contribution is 2.33. The van der Waals surface area contributed by atoms with Crippen molar-refractivity contribution in [1.82, 2.24) is 19.4 Å². The third kappa shape index (κ3) is 3.81. The number of aryl methyl sites for hydroxylation is 1. The summed E-state index contributed by atoms with van der Waals surface area (Å²) in [7, 11) is 0. The van der Waals surface area contributed by atoms with Gasteiger partial charge in [-0.2, -0.15) is 0 Å². The van der Waals surface area contributed by atoms with Crippen molar-refractivity contribution in [2.24, 2.45) is 0 Å². The molecule has 0 amide bonds. The number of thiophene rings is 1. The average Bonchev–Trinajstić information content (AvgIpc) is 3.30. The summed E-state index contributed by atoms with van der Waals surface area (Å²) in [5.74, 6) is -0.548. The van der Waals surface area contributed by atoms with E-state index in [1.807, 2.05) is 29.0 Å². The monoisotopic (exact) mass is 457 g/mol. The molecule has 9 nitrogen and oxygen atoms in total. The number of nitrogens with two attached hydrogens (primary N) is 1. The minimum absolute atomic E-state index is 0.175. The van der Waals surface area contributed by atoms with E-state index in [0.717, 1.165) is 0 Å². The van der Waals surface area contributed by atoms with E-state index in [0.29, 0.717) is 31.3 Å². The lowest BCUT2D eigenvalue weighted by molar-refractivity contribution is 0.0457. The fraction of sp³-hybridized carbons (Fsp3) is 0.250. The number of hydrogen-bond acceptors (Lipinski definition) is 10. The van der Waals surface area contributed by atoms with E-state index in [1.165, 1.54) is 23.1 Å². The molecule has 0 saturated heterocycles. The Morgan fingerprint density at radius 3 is 2.74 bits per heavy atom. The van der Waals surface area contributed by atoms with E-state index in [1.54, 1.807) is 19.9 Å². The van der Waals surface area contributed by atoms with Gasteiger partial charge in [0.1, 0.15) is 15.5 Å². The first kappa shape index (κ1) is 21.1. The van der Waals surface area contributed by atoms with Crippen molar-refractivity contribution in [2.75, 3.05) is 18.6 Å². The topological polar surface area (TPSA) is 122 Å². The largest absolute Gasteiger partial charge is 0.462 e. The third-order valence-electron chi connectivity index (χ3n) is 4.55. The molecule has 0 atom stereocenters. The van der Waals surface area contributed by atoms with Crippen LogP contribution >= 0.6 is 23.1 Å². The van der Waals surface area contributed by atoms with Gasteiger partial charge < -0.3 is 15.2 Å². The number of pyridine rings is 1. The molecule has 0 aromatic carbocycles. The number of fused-ring (bicyclic) bond motifs is 2. The van der Waals surface area contributed by atoms with Crippen molar-refractivity contribution in [3.8, 4) is 0 Å². The van der Waals surface area contributed by atoms with Gasteiger partial charge in [0.2, 0.25) is 0 Å². The van der Waals surface area contributed by atoms with Crippen LogP contribution in [0.4, 0.5) is 5.82 Å². The van der Waals surface area contributed by atoms with Crippen LogP contribution in [-0.4, -0.2) is 44.2 Å². The summed E-state index contributed by atoms with van der Waals surface area (Å²) in [6.45, 7) is 3.62. The van der Waals surface area contributed by atoms with Gasteiger partial charge in [-0.05, 0) is 37.8 Å². The molecule has 160 valence electrons. The van der Waals surface area contributed by atoms with Crippen LogP contribution in [0.3, 0.4) is 0 Å². The number of imidazole rings is 1. The molecule has 31 heavy (non-hydrogen) atoms. The Morgan fingerprint density at radius 2 is 2.00 bits per heavy atom. The first-order chi connectivity index (χ1) is 14.9. The SMILES string of the molecule is CCOC(=O)c1sc2nc(COC(=O)c3nc(SC)n4ccccc34)nc(N)c2c1C. The number of rotatable bonds is 6. The van der Waals surface area contributed by atoms with Gasteiger partial charge in [0.05, 0.1) is 17.5 Å². The molecular weight excluding hydrogens is 438 g/mol. The summed E-state index contributed by atoms with van der Waals surface area (Å²) in [6.07, 6.45) is 3.72. The van der Waals surface area contributed by atoms with E-state index in [4.69, 9.17) is 15.2 Å². The molecule has 0 unspecified atom stereocenters. The molecule has 0 aliphatic carbocycles. The van der Waals surface area contributed by atoms with E-state index in [2.05, 4.69) is 15.0 Å². The van der Waals surface area contributed by atoms with Gasteiger partial charge in [-0.25, -0.2) is 24.5 Å². The Hall–Kier alpha value is -3.18. The van der Waals surface area contributed by atoms with Crippen LogP contribution in [0.2, 0.25) is 0 Å². The van der Waals surface area contributed by atoms with Crippen molar-refractivity contribution in [1.29, 1.82) is 0 Å². The highest BCUT2D eigenvalue weighted by atomic mass is 32.2. The lowest BCUT2D eigenvalue weighted by Gasteiger charge is -2.05. The number of esters is 2. The van der Waals surface area contributed by atoms with Crippen LogP contribution in [0.1, 0.15) is 38.5 Å². The minimum Gasteiger partial charge on any atom is -0.462 e. The predicted molar refractivity (Wildman–Crippen MR) is 119 cm³/mol. The summed E-state index contributed by atoms with van der Waals surface area (Å²) < 4.78 is 12.3. The smallest absolute Gasteiger partial charge is 0.359 e. The summed E-state index contributed by atoms with van der Waals surface area (Å²) in [4.78, 5) is 38.8. The number of carbonyl (C=O) groups is 2. The highest BCUT2D eigenvalue weighted by molar-refractivity contribution is 7.98. The molecule has 2 N–H and O–H groups in total. The molecule has 4 aromatic heterocycles. The van der Waals surface area contributed by atoms with Gasteiger partial charge in [0, 0.05) is 6.20 Å². The van der Waals surface area contributed by atoms with Crippen LogP contribution in [0.5, 0.6) is 0 Å². The second kappa shape index (κ2) is 8.52.